The zero-order valence-corrected chi connectivity index (χ0v) is 11.1. The number of anilines is 1. The van der Waals surface area contributed by atoms with E-state index in [1.807, 2.05) is 13.8 Å². The zero-order chi connectivity index (χ0) is 12.4. The van der Waals surface area contributed by atoms with Crippen molar-refractivity contribution < 1.29 is 4.79 Å². The Morgan fingerprint density at radius 1 is 1.59 bits per heavy atom. The highest BCUT2D eigenvalue weighted by Crippen LogP contribution is 2.23. The summed E-state index contributed by atoms with van der Waals surface area (Å²) in [7, 11) is 0. The predicted octanol–water partition coefficient (Wildman–Crippen LogP) is 3.25. The molecule has 0 fully saturated rings. The molecule has 4 nitrogen and oxygen atoms in total. The molecule has 2 heterocycles. The second kappa shape index (κ2) is 4.89. The number of aryl methyl sites for hydroxylation is 1. The van der Waals surface area contributed by atoms with Gasteiger partial charge in [0, 0.05) is 11.3 Å². The van der Waals surface area contributed by atoms with Crippen LogP contribution in [-0.4, -0.2) is 16.1 Å². The number of H-pyrrole nitrogens is 1. The Balaban J connectivity index is 2.18. The van der Waals surface area contributed by atoms with Gasteiger partial charge in [-0.15, -0.1) is 11.3 Å². The Morgan fingerprint density at radius 2 is 2.35 bits per heavy atom. The Bertz CT molecular complexity index is 547. The monoisotopic (exact) mass is 269 g/mol. The fourth-order valence-electron chi connectivity index (χ4n) is 1.59. The fraction of sp³-hybridized carbons (Fsp3) is 0.273. The number of thiophene rings is 1. The third-order valence-corrected chi connectivity index (χ3v) is 3.69. The van der Waals surface area contributed by atoms with Crippen molar-refractivity contribution in [3.8, 4) is 0 Å². The van der Waals surface area contributed by atoms with Gasteiger partial charge in [-0.05, 0) is 25.5 Å². The number of nitrogens with zero attached hydrogens (tertiary/aromatic N) is 1. The van der Waals surface area contributed by atoms with Crippen molar-refractivity contribution in [2.45, 2.75) is 20.3 Å². The van der Waals surface area contributed by atoms with Crippen LogP contribution in [0.4, 0.5) is 5.82 Å². The van der Waals surface area contributed by atoms with Crippen molar-refractivity contribution in [1.82, 2.24) is 10.2 Å². The minimum Gasteiger partial charge on any atom is -0.304 e. The summed E-state index contributed by atoms with van der Waals surface area (Å²) in [6.45, 7) is 3.96. The summed E-state index contributed by atoms with van der Waals surface area (Å²) in [5.74, 6) is 0.419. The van der Waals surface area contributed by atoms with Crippen molar-refractivity contribution in [2.75, 3.05) is 5.32 Å². The molecule has 2 rings (SSSR count). The highest BCUT2D eigenvalue weighted by Gasteiger charge is 2.14. The maximum atomic E-state index is 11.9. The van der Waals surface area contributed by atoms with E-state index >= 15 is 0 Å². The van der Waals surface area contributed by atoms with Crippen LogP contribution in [-0.2, 0) is 6.42 Å². The van der Waals surface area contributed by atoms with Gasteiger partial charge in [-0.25, -0.2) is 0 Å². The lowest BCUT2D eigenvalue weighted by Crippen LogP contribution is -2.11. The van der Waals surface area contributed by atoms with Gasteiger partial charge in [-0.1, -0.05) is 18.5 Å². The van der Waals surface area contributed by atoms with Crippen LogP contribution in [0.1, 0.15) is 27.9 Å². The Labute approximate surface area is 108 Å². The molecule has 2 aromatic heterocycles. The van der Waals surface area contributed by atoms with Crippen molar-refractivity contribution in [3.05, 3.63) is 32.6 Å². The van der Waals surface area contributed by atoms with E-state index < -0.39 is 0 Å². The van der Waals surface area contributed by atoms with E-state index in [4.69, 9.17) is 11.6 Å². The van der Waals surface area contributed by atoms with Gasteiger partial charge in [-0.3, -0.25) is 9.89 Å². The first-order chi connectivity index (χ1) is 8.11. The van der Waals surface area contributed by atoms with Crippen LogP contribution in [0, 0.1) is 6.92 Å². The first-order valence-corrected chi connectivity index (χ1v) is 6.41. The summed E-state index contributed by atoms with van der Waals surface area (Å²) in [5.41, 5.74) is 2.01. The molecule has 0 saturated carbocycles. The molecule has 0 aliphatic heterocycles. The number of hydrogen-bond acceptors (Lipinski definition) is 3. The summed E-state index contributed by atoms with van der Waals surface area (Å²) >= 11 is 7.04. The second-order valence-electron chi connectivity index (χ2n) is 3.59. The van der Waals surface area contributed by atoms with Gasteiger partial charge in [0.2, 0.25) is 0 Å². The molecule has 1 amide bonds. The molecule has 2 N–H and O–H groups in total. The quantitative estimate of drug-likeness (QED) is 0.899. The van der Waals surface area contributed by atoms with Crippen molar-refractivity contribution >= 4 is 34.7 Å². The SMILES string of the molecule is CCc1c(NC(=O)c2ccc(Cl)s2)n[nH]c1C. The lowest BCUT2D eigenvalue weighted by Gasteiger charge is -2.02. The molecule has 0 aliphatic carbocycles. The molecule has 0 radical (unpaired) electrons. The molecule has 17 heavy (non-hydrogen) atoms. The number of carbonyl (C=O) groups is 1. The van der Waals surface area contributed by atoms with Crippen molar-refractivity contribution in [2.24, 2.45) is 0 Å². The van der Waals surface area contributed by atoms with Gasteiger partial charge < -0.3 is 5.32 Å². The van der Waals surface area contributed by atoms with Crippen LogP contribution in [0.5, 0.6) is 0 Å². The molecular formula is C11H12ClN3OS. The lowest BCUT2D eigenvalue weighted by molar-refractivity contribution is 0.103. The smallest absolute Gasteiger partial charge is 0.266 e. The van der Waals surface area contributed by atoms with Gasteiger partial charge in [0.25, 0.3) is 5.91 Å². The van der Waals surface area contributed by atoms with E-state index in [-0.39, 0.29) is 5.91 Å². The second-order valence-corrected chi connectivity index (χ2v) is 5.30. The molecule has 0 spiro atoms. The number of halogens is 1. The van der Waals surface area contributed by atoms with Crippen LogP contribution in [0.25, 0.3) is 0 Å². The Morgan fingerprint density at radius 3 is 2.94 bits per heavy atom. The van der Waals surface area contributed by atoms with Gasteiger partial charge >= 0.3 is 0 Å². The standard InChI is InChI=1S/C11H12ClN3OS/c1-3-7-6(2)14-15-10(7)13-11(16)8-4-5-9(12)17-8/h4-5H,3H2,1-2H3,(H2,13,14,15,16). The first-order valence-electron chi connectivity index (χ1n) is 5.22. The van der Waals surface area contributed by atoms with Crippen molar-refractivity contribution in [3.63, 3.8) is 0 Å². The molecule has 90 valence electrons. The molecule has 2 aromatic rings. The maximum absolute atomic E-state index is 11.9. The largest absolute Gasteiger partial charge is 0.304 e. The minimum absolute atomic E-state index is 0.178. The van der Waals surface area contributed by atoms with Crippen molar-refractivity contribution in [1.29, 1.82) is 0 Å². The number of rotatable bonds is 3. The number of aromatic nitrogens is 2. The average molecular weight is 270 g/mol. The summed E-state index contributed by atoms with van der Waals surface area (Å²) in [6.07, 6.45) is 0.823. The molecule has 0 atom stereocenters. The van der Waals surface area contributed by atoms with Crippen LogP contribution < -0.4 is 5.32 Å². The number of nitrogens with one attached hydrogen (secondary N) is 2. The third-order valence-electron chi connectivity index (χ3n) is 2.46. The Kier molecular flexibility index (Phi) is 3.49. The predicted molar refractivity (Wildman–Crippen MR) is 70.0 cm³/mol. The van der Waals surface area contributed by atoms with Crippen LogP contribution in [0.15, 0.2) is 12.1 Å². The van der Waals surface area contributed by atoms with E-state index in [0.29, 0.717) is 15.0 Å². The number of aromatic amines is 1. The van der Waals surface area contributed by atoms with Gasteiger partial charge in [0.15, 0.2) is 5.82 Å². The number of hydrogen-bond donors (Lipinski definition) is 2. The van der Waals surface area contributed by atoms with Crippen LogP contribution in [0.3, 0.4) is 0 Å². The molecule has 0 saturated heterocycles. The summed E-state index contributed by atoms with van der Waals surface area (Å²) in [5, 5.41) is 9.72. The topological polar surface area (TPSA) is 57.8 Å². The average Bonchev–Trinajstić information content (AvgIpc) is 2.86. The van der Waals surface area contributed by atoms with E-state index in [1.165, 1.54) is 11.3 Å². The van der Waals surface area contributed by atoms with Gasteiger partial charge in [0.1, 0.15) is 0 Å². The molecule has 0 unspecified atom stereocenters. The first kappa shape index (κ1) is 12.1. The summed E-state index contributed by atoms with van der Waals surface area (Å²) in [6, 6.07) is 3.41. The normalized spacial score (nSPS) is 10.5. The zero-order valence-electron chi connectivity index (χ0n) is 9.50. The molecule has 6 heteroatoms. The Hall–Kier alpha value is -1.33. The van der Waals surface area contributed by atoms with Gasteiger partial charge in [-0.2, -0.15) is 5.10 Å². The fourth-order valence-corrected chi connectivity index (χ4v) is 2.53. The van der Waals surface area contributed by atoms with E-state index in [2.05, 4.69) is 15.5 Å². The molecule has 0 aliphatic rings. The molecule has 0 bridgehead atoms. The lowest BCUT2D eigenvalue weighted by atomic mass is 10.2. The molecule has 0 aromatic carbocycles. The van der Waals surface area contributed by atoms with Gasteiger partial charge in [0.05, 0.1) is 9.21 Å². The summed E-state index contributed by atoms with van der Waals surface area (Å²) < 4.78 is 0.601. The maximum Gasteiger partial charge on any atom is 0.266 e. The molecular weight excluding hydrogens is 258 g/mol. The highest BCUT2D eigenvalue weighted by molar-refractivity contribution is 7.18. The third kappa shape index (κ3) is 2.50. The van der Waals surface area contributed by atoms with Crippen LogP contribution >= 0.6 is 22.9 Å². The number of carbonyl (C=O) groups excluding carboxylic acids is 1. The summed E-state index contributed by atoms with van der Waals surface area (Å²) in [4.78, 5) is 12.5. The van der Waals surface area contributed by atoms with E-state index in [1.54, 1.807) is 12.1 Å². The van der Waals surface area contributed by atoms with E-state index in [9.17, 15) is 4.79 Å². The number of amides is 1. The van der Waals surface area contributed by atoms with E-state index in [0.717, 1.165) is 17.7 Å². The van der Waals surface area contributed by atoms with Crippen LogP contribution in [0.2, 0.25) is 4.34 Å². The minimum atomic E-state index is -0.178. The highest BCUT2D eigenvalue weighted by atomic mass is 35.5.